The van der Waals surface area contributed by atoms with Crippen LogP contribution in [0.3, 0.4) is 0 Å². The number of carbonyl (C=O) groups is 1. The smallest absolute Gasteiger partial charge is 0.405 e. The molecule has 0 spiro atoms. The van der Waals surface area contributed by atoms with Crippen LogP contribution in [0.15, 0.2) is 18.2 Å². The molecule has 5 nitrogen and oxygen atoms in total. The largest absolute Gasteiger partial charge is 0.508 e. The molecule has 5 heteroatoms. The quantitative estimate of drug-likeness (QED) is 0.643. The summed E-state index contributed by atoms with van der Waals surface area (Å²) >= 11 is 0. The summed E-state index contributed by atoms with van der Waals surface area (Å²) in [5.74, 6) is 0.767. The van der Waals surface area contributed by atoms with Gasteiger partial charge in [-0.25, -0.2) is 4.79 Å². The number of aromatic hydroxyl groups is 1. The summed E-state index contributed by atoms with van der Waals surface area (Å²) in [6, 6.07) is 4.71. The number of benzene rings is 1. The molecular weight excluding hydrogens is 198 g/mol. The first kappa shape index (κ1) is 9.64. The van der Waals surface area contributed by atoms with Crippen LogP contribution in [-0.2, 0) is 6.42 Å². The van der Waals surface area contributed by atoms with E-state index in [4.69, 9.17) is 9.84 Å². The maximum atomic E-state index is 10.4. The molecule has 0 unspecified atom stereocenters. The molecule has 1 aliphatic rings. The Morgan fingerprint density at radius 3 is 3.07 bits per heavy atom. The van der Waals surface area contributed by atoms with Crippen molar-refractivity contribution in [2.24, 2.45) is 0 Å². The van der Waals surface area contributed by atoms with Crippen molar-refractivity contribution < 1.29 is 19.7 Å². The summed E-state index contributed by atoms with van der Waals surface area (Å²) in [4.78, 5) is 10.4. The van der Waals surface area contributed by atoms with E-state index in [-0.39, 0.29) is 11.8 Å². The van der Waals surface area contributed by atoms with E-state index in [9.17, 15) is 9.90 Å². The van der Waals surface area contributed by atoms with E-state index < -0.39 is 6.09 Å². The number of phenolic OH excluding ortho intramolecular Hbond substituents is 1. The van der Waals surface area contributed by atoms with Crippen molar-refractivity contribution in [2.75, 3.05) is 6.61 Å². The summed E-state index contributed by atoms with van der Waals surface area (Å²) in [6.45, 7) is 0.294. The van der Waals surface area contributed by atoms with Crippen LogP contribution in [0.2, 0.25) is 0 Å². The summed E-state index contributed by atoms with van der Waals surface area (Å²) in [6.07, 6.45) is -0.628. The van der Waals surface area contributed by atoms with Gasteiger partial charge in [-0.2, -0.15) is 0 Å². The molecule has 0 saturated carbocycles. The van der Waals surface area contributed by atoms with E-state index in [1.54, 1.807) is 18.2 Å². The van der Waals surface area contributed by atoms with Gasteiger partial charge in [0.2, 0.25) is 0 Å². The monoisotopic (exact) mass is 209 g/mol. The molecule has 1 atom stereocenters. The number of nitrogens with one attached hydrogen (secondary N) is 1. The minimum atomic E-state index is -1.08. The van der Waals surface area contributed by atoms with Crippen molar-refractivity contribution in [1.29, 1.82) is 0 Å². The highest BCUT2D eigenvalue weighted by Crippen LogP contribution is 2.31. The molecule has 1 aromatic rings. The number of rotatable bonds is 1. The van der Waals surface area contributed by atoms with Gasteiger partial charge < -0.3 is 20.3 Å². The first-order chi connectivity index (χ1) is 7.16. The molecule has 15 heavy (non-hydrogen) atoms. The van der Waals surface area contributed by atoms with Crippen LogP contribution in [0.1, 0.15) is 5.56 Å². The topological polar surface area (TPSA) is 78.8 Å². The second-order valence-electron chi connectivity index (χ2n) is 3.42. The molecule has 2 rings (SSSR count). The van der Waals surface area contributed by atoms with Gasteiger partial charge in [0.05, 0.1) is 6.04 Å². The lowest BCUT2D eigenvalue weighted by Gasteiger charge is -2.25. The summed E-state index contributed by atoms with van der Waals surface area (Å²) < 4.78 is 5.33. The Labute approximate surface area is 86.3 Å². The third kappa shape index (κ3) is 1.96. The van der Waals surface area contributed by atoms with Crippen molar-refractivity contribution in [3.63, 3.8) is 0 Å². The Balaban J connectivity index is 2.18. The Morgan fingerprint density at radius 2 is 2.33 bits per heavy atom. The highest BCUT2D eigenvalue weighted by atomic mass is 16.5. The van der Waals surface area contributed by atoms with Crippen molar-refractivity contribution in [3.05, 3.63) is 23.8 Å². The van der Waals surface area contributed by atoms with Crippen molar-refractivity contribution >= 4 is 6.09 Å². The van der Waals surface area contributed by atoms with Crippen LogP contribution >= 0.6 is 0 Å². The maximum absolute atomic E-state index is 10.4. The summed E-state index contributed by atoms with van der Waals surface area (Å²) in [7, 11) is 0. The number of amides is 1. The Bertz CT molecular complexity index is 391. The average molecular weight is 209 g/mol. The fourth-order valence-electron chi connectivity index (χ4n) is 1.66. The van der Waals surface area contributed by atoms with E-state index in [1.165, 1.54) is 0 Å². The number of phenols is 1. The zero-order chi connectivity index (χ0) is 10.8. The molecule has 1 heterocycles. The fourth-order valence-corrected chi connectivity index (χ4v) is 1.66. The lowest BCUT2D eigenvalue weighted by molar-refractivity contribution is 0.176. The van der Waals surface area contributed by atoms with Crippen molar-refractivity contribution in [1.82, 2.24) is 5.32 Å². The van der Waals surface area contributed by atoms with E-state index in [1.807, 2.05) is 0 Å². The minimum Gasteiger partial charge on any atom is -0.508 e. The third-order valence-electron chi connectivity index (χ3n) is 2.33. The van der Waals surface area contributed by atoms with Gasteiger partial charge in [0.1, 0.15) is 18.1 Å². The molecule has 1 amide bonds. The molecule has 0 bridgehead atoms. The summed E-state index contributed by atoms with van der Waals surface area (Å²) in [5, 5.41) is 20.4. The highest BCUT2D eigenvalue weighted by molar-refractivity contribution is 5.65. The number of fused-ring (bicyclic) bond motifs is 1. The Kier molecular flexibility index (Phi) is 2.37. The molecule has 0 radical (unpaired) electrons. The number of ether oxygens (including phenoxy) is 1. The molecule has 0 saturated heterocycles. The Morgan fingerprint density at radius 1 is 1.53 bits per heavy atom. The van der Waals surface area contributed by atoms with Crippen molar-refractivity contribution in [2.45, 2.75) is 12.5 Å². The van der Waals surface area contributed by atoms with Gasteiger partial charge in [0, 0.05) is 12.0 Å². The van der Waals surface area contributed by atoms with Gasteiger partial charge in [-0.05, 0) is 12.1 Å². The SMILES string of the molecule is O=C(O)N[C@@H]1COc2cccc(O)c2C1. The molecule has 0 fully saturated rings. The van der Waals surface area contributed by atoms with Crippen LogP contribution in [-0.4, -0.2) is 29.0 Å². The van der Waals surface area contributed by atoms with Crippen LogP contribution in [0.25, 0.3) is 0 Å². The molecule has 1 aliphatic heterocycles. The zero-order valence-corrected chi connectivity index (χ0v) is 7.93. The number of hydrogen-bond donors (Lipinski definition) is 3. The maximum Gasteiger partial charge on any atom is 0.405 e. The molecule has 3 N–H and O–H groups in total. The van der Waals surface area contributed by atoms with Gasteiger partial charge in [0.15, 0.2) is 0 Å². The molecule has 0 aromatic heterocycles. The second-order valence-corrected chi connectivity index (χ2v) is 3.42. The van der Waals surface area contributed by atoms with Gasteiger partial charge in [-0.1, -0.05) is 6.07 Å². The average Bonchev–Trinajstić information content (AvgIpc) is 2.18. The Hall–Kier alpha value is -1.91. The van der Waals surface area contributed by atoms with Gasteiger partial charge in [-0.3, -0.25) is 0 Å². The van der Waals surface area contributed by atoms with E-state index >= 15 is 0 Å². The van der Waals surface area contributed by atoms with Crippen LogP contribution in [0.5, 0.6) is 11.5 Å². The summed E-state index contributed by atoms with van der Waals surface area (Å²) in [5.41, 5.74) is 0.655. The van der Waals surface area contributed by atoms with Gasteiger partial charge in [0.25, 0.3) is 0 Å². The van der Waals surface area contributed by atoms with Crippen molar-refractivity contribution in [3.8, 4) is 11.5 Å². The first-order valence-electron chi connectivity index (χ1n) is 4.60. The fraction of sp³-hybridized carbons (Fsp3) is 0.300. The molecular formula is C10H11NO4. The normalized spacial score (nSPS) is 18.8. The van der Waals surface area contributed by atoms with Crippen LogP contribution in [0, 0.1) is 0 Å². The van der Waals surface area contributed by atoms with Gasteiger partial charge in [-0.15, -0.1) is 0 Å². The predicted molar refractivity (Wildman–Crippen MR) is 52.3 cm³/mol. The predicted octanol–water partition coefficient (Wildman–Crippen LogP) is 0.963. The van der Waals surface area contributed by atoms with E-state index in [0.717, 1.165) is 0 Å². The second kappa shape index (κ2) is 3.68. The highest BCUT2D eigenvalue weighted by Gasteiger charge is 2.23. The standard InChI is InChI=1S/C10H11NO4/c12-8-2-1-3-9-7(8)4-6(5-15-9)11-10(13)14/h1-3,6,11-12H,4-5H2,(H,13,14)/t6-/m0/s1. The molecule has 0 aliphatic carbocycles. The van der Waals surface area contributed by atoms with Gasteiger partial charge >= 0.3 is 6.09 Å². The van der Waals surface area contributed by atoms with Crippen LogP contribution < -0.4 is 10.1 Å². The minimum absolute atomic E-state index is 0.143. The lowest BCUT2D eigenvalue weighted by atomic mass is 10.0. The first-order valence-corrected chi connectivity index (χ1v) is 4.60. The lowest BCUT2D eigenvalue weighted by Crippen LogP contribution is -2.42. The number of carboxylic acid groups (broad SMARTS) is 1. The van der Waals surface area contributed by atoms with Crippen LogP contribution in [0.4, 0.5) is 4.79 Å². The number of hydrogen-bond acceptors (Lipinski definition) is 3. The molecule has 1 aromatic carbocycles. The molecule has 80 valence electrons. The zero-order valence-electron chi connectivity index (χ0n) is 7.93. The van der Waals surface area contributed by atoms with E-state index in [2.05, 4.69) is 5.32 Å². The third-order valence-corrected chi connectivity index (χ3v) is 2.33. The van der Waals surface area contributed by atoms with E-state index in [0.29, 0.717) is 24.3 Å².